The van der Waals surface area contributed by atoms with Gasteiger partial charge in [-0.2, -0.15) is 0 Å². The fourth-order valence-corrected chi connectivity index (χ4v) is 2.90. The van der Waals surface area contributed by atoms with Gasteiger partial charge in [-0.25, -0.2) is 4.79 Å². The van der Waals surface area contributed by atoms with Gasteiger partial charge in [-0.3, -0.25) is 0 Å². The zero-order valence-electron chi connectivity index (χ0n) is 12.8. The molecule has 1 atom stereocenters. The summed E-state index contributed by atoms with van der Waals surface area (Å²) in [5.74, 6) is -0.0683. The Morgan fingerprint density at radius 1 is 1.22 bits per heavy atom. The Kier molecular flexibility index (Phi) is 4.40. The van der Waals surface area contributed by atoms with Gasteiger partial charge < -0.3 is 4.74 Å². The third-order valence-corrected chi connectivity index (χ3v) is 4.77. The summed E-state index contributed by atoms with van der Waals surface area (Å²) in [6.07, 6.45) is 6.24. The molecule has 2 aliphatic carbocycles. The molecule has 104 valence electrons. The number of carbonyl (C=O) groups excluding carboxylic acids is 1. The van der Waals surface area contributed by atoms with Gasteiger partial charge in [0, 0.05) is 11.8 Å². The minimum atomic E-state index is -0.474. The topological polar surface area (TPSA) is 26.3 Å². The smallest absolute Gasteiger partial charge is 0.358 e. The van der Waals surface area contributed by atoms with Crippen LogP contribution in [0.15, 0.2) is 0 Å². The second-order valence-corrected chi connectivity index (χ2v) is 6.28. The predicted octanol–water partition coefficient (Wildman–Crippen LogP) is 4.53. The minimum absolute atomic E-state index is 0.0254. The van der Waals surface area contributed by atoms with E-state index in [0.29, 0.717) is 0 Å². The van der Waals surface area contributed by atoms with Crippen LogP contribution >= 0.6 is 0 Å². The molecule has 2 rings (SSSR count). The molecule has 2 heteroatoms. The van der Waals surface area contributed by atoms with Crippen molar-refractivity contribution in [1.82, 2.24) is 0 Å². The zero-order valence-corrected chi connectivity index (χ0v) is 12.8. The SMILES string of the molecule is CC.[CH2+]C1(C(=O)OC2(CC)CCCC2)CC1(C)C. The molecule has 0 amide bonds. The first-order valence-electron chi connectivity index (χ1n) is 7.44. The van der Waals surface area contributed by atoms with Gasteiger partial charge in [0.15, 0.2) is 0 Å². The van der Waals surface area contributed by atoms with Crippen LogP contribution in [-0.4, -0.2) is 11.6 Å². The van der Waals surface area contributed by atoms with Gasteiger partial charge in [0.25, 0.3) is 0 Å². The Hall–Kier alpha value is -0.660. The minimum Gasteiger partial charge on any atom is -0.455 e. The molecule has 1 unspecified atom stereocenters. The van der Waals surface area contributed by atoms with Crippen LogP contribution in [0.1, 0.15) is 73.1 Å². The normalized spacial score (nSPS) is 31.2. The van der Waals surface area contributed by atoms with E-state index < -0.39 is 5.41 Å². The molecule has 0 bridgehead atoms. The summed E-state index contributed by atoms with van der Waals surface area (Å²) in [5.41, 5.74) is -0.615. The number of hydrogen-bond acceptors (Lipinski definition) is 2. The van der Waals surface area contributed by atoms with E-state index in [4.69, 9.17) is 4.74 Å². The lowest BCUT2D eigenvalue weighted by molar-refractivity contribution is -0.166. The van der Waals surface area contributed by atoms with E-state index in [2.05, 4.69) is 27.7 Å². The third-order valence-electron chi connectivity index (χ3n) is 4.77. The number of hydrogen-bond donors (Lipinski definition) is 0. The lowest BCUT2D eigenvalue weighted by atomic mass is 9.95. The molecule has 18 heavy (non-hydrogen) atoms. The Morgan fingerprint density at radius 3 is 2.00 bits per heavy atom. The zero-order chi connectivity index (χ0) is 14.0. The molecule has 0 aromatic carbocycles. The number of rotatable bonds is 3. The van der Waals surface area contributed by atoms with E-state index in [0.717, 1.165) is 25.7 Å². The maximum absolute atomic E-state index is 12.2. The molecule has 0 saturated heterocycles. The van der Waals surface area contributed by atoms with Crippen molar-refractivity contribution in [2.24, 2.45) is 10.8 Å². The van der Waals surface area contributed by atoms with Crippen molar-refractivity contribution in [3.63, 3.8) is 0 Å². The molecule has 0 aliphatic heterocycles. The molecule has 2 fully saturated rings. The van der Waals surface area contributed by atoms with Crippen molar-refractivity contribution < 1.29 is 9.53 Å². The average molecular weight is 253 g/mol. The molecule has 0 spiro atoms. The summed E-state index contributed by atoms with van der Waals surface area (Å²) in [6, 6.07) is 0. The summed E-state index contributed by atoms with van der Waals surface area (Å²) < 4.78 is 5.81. The number of esters is 1. The highest BCUT2D eigenvalue weighted by atomic mass is 16.6. The van der Waals surface area contributed by atoms with E-state index in [1.54, 1.807) is 0 Å². The highest BCUT2D eigenvalue weighted by Gasteiger charge is 2.72. The van der Waals surface area contributed by atoms with Crippen LogP contribution in [0, 0.1) is 17.8 Å². The molecular formula is C16H29O2+. The maximum atomic E-state index is 12.2. The van der Waals surface area contributed by atoms with E-state index in [1.165, 1.54) is 12.8 Å². The van der Waals surface area contributed by atoms with Crippen molar-refractivity contribution in [2.45, 2.75) is 78.7 Å². The lowest BCUT2D eigenvalue weighted by Gasteiger charge is -2.28. The molecule has 0 heterocycles. The lowest BCUT2D eigenvalue weighted by Crippen LogP contribution is -2.35. The van der Waals surface area contributed by atoms with Crippen LogP contribution in [0.4, 0.5) is 0 Å². The van der Waals surface area contributed by atoms with E-state index >= 15 is 0 Å². The Balaban J connectivity index is 0.000000771. The summed E-state index contributed by atoms with van der Waals surface area (Å²) >= 11 is 0. The Labute approximate surface area is 112 Å². The monoisotopic (exact) mass is 253 g/mol. The van der Waals surface area contributed by atoms with Crippen molar-refractivity contribution in [2.75, 3.05) is 0 Å². The quantitative estimate of drug-likeness (QED) is 0.545. The second-order valence-electron chi connectivity index (χ2n) is 6.28. The van der Waals surface area contributed by atoms with Crippen LogP contribution in [-0.2, 0) is 9.53 Å². The maximum Gasteiger partial charge on any atom is 0.358 e. The molecule has 2 nitrogen and oxygen atoms in total. The summed E-state index contributed by atoms with van der Waals surface area (Å²) in [7, 11) is 0. The predicted molar refractivity (Wildman–Crippen MR) is 75.1 cm³/mol. The van der Waals surface area contributed by atoms with Crippen molar-refractivity contribution in [3.8, 4) is 0 Å². The van der Waals surface area contributed by atoms with Gasteiger partial charge in [0.05, 0.1) is 6.92 Å². The standard InChI is InChI=1S/C14H23O2.C2H6/c1-5-14(8-6-7-9-14)16-11(15)13(4)10-12(13,2)3;1-2/h4-10H2,1-3H3;1-2H3/q+1;. The molecule has 0 aromatic rings. The van der Waals surface area contributed by atoms with Crippen LogP contribution in [0.3, 0.4) is 0 Å². The van der Waals surface area contributed by atoms with Gasteiger partial charge >= 0.3 is 5.97 Å². The summed E-state index contributed by atoms with van der Waals surface area (Å²) in [6.45, 7) is 14.4. The first kappa shape index (κ1) is 15.4. The van der Waals surface area contributed by atoms with Crippen molar-refractivity contribution >= 4 is 5.97 Å². The highest BCUT2D eigenvalue weighted by molar-refractivity contribution is 5.83. The van der Waals surface area contributed by atoms with Crippen molar-refractivity contribution in [1.29, 1.82) is 0 Å². The first-order valence-corrected chi connectivity index (χ1v) is 7.44. The van der Waals surface area contributed by atoms with E-state index in [-0.39, 0.29) is 17.0 Å². The second kappa shape index (κ2) is 5.14. The van der Waals surface area contributed by atoms with Gasteiger partial charge in [-0.15, -0.1) is 0 Å². The summed E-state index contributed by atoms with van der Waals surface area (Å²) in [4.78, 5) is 12.2. The van der Waals surface area contributed by atoms with Gasteiger partial charge in [0.2, 0.25) is 5.41 Å². The first-order chi connectivity index (χ1) is 8.35. The van der Waals surface area contributed by atoms with Gasteiger partial charge in [0.1, 0.15) is 5.60 Å². The Morgan fingerprint density at radius 2 is 1.67 bits per heavy atom. The molecule has 0 radical (unpaired) electrons. The fraction of sp³-hybridized carbons (Fsp3) is 0.875. The molecule has 2 saturated carbocycles. The highest BCUT2D eigenvalue weighted by Crippen LogP contribution is 2.64. The van der Waals surface area contributed by atoms with E-state index in [9.17, 15) is 4.79 Å². The largest absolute Gasteiger partial charge is 0.455 e. The fourth-order valence-electron chi connectivity index (χ4n) is 2.90. The van der Waals surface area contributed by atoms with Crippen LogP contribution in [0.5, 0.6) is 0 Å². The van der Waals surface area contributed by atoms with Gasteiger partial charge in [-0.1, -0.05) is 34.6 Å². The van der Waals surface area contributed by atoms with Gasteiger partial charge in [-0.05, 0) is 32.1 Å². The number of carbonyl (C=O) groups is 1. The Bertz CT molecular complexity index is 300. The molecule has 2 aliphatic rings. The third kappa shape index (κ3) is 2.53. The molecule has 0 aromatic heterocycles. The van der Waals surface area contributed by atoms with Crippen LogP contribution < -0.4 is 0 Å². The molecular weight excluding hydrogens is 224 g/mol. The molecule has 0 N–H and O–H groups in total. The average Bonchev–Trinajstić information content (AvgIpc) is 2.70. The van der Waals surface area contributed by atoms with E-state index in [1.807, 2.05) is 13.8 Å². The number of ether oxygens (including phenoxy) is 1. The van der Waals surface area contributed by atoms with Crippen LogP contribution in [0.2, 0.25) is 0 Å². The van der Waals surface area contributed by atoms with Crippen LogP contribution in [0.25, 0.3) is 0 Å². The van der Waals surface area contributed by atoms with Crippen molar-refractivity contribution in [3.05, 3.63) is 6.92 Å². The summed E-state index contributed by atoms with van der Waals surface area (Å²) in [5, 5.41) is 0.